The van der Waals surface area contributed by atoms with E-state index < -0.39 is 6.04 Å². The van der Waals surface area contributed by atoms with Crippen LogP contribution in [0.25, 0.3) is 0 Å². The topological polar surface area (TPSA) is 57.6 Å². The quantitative estimate of drug-likeness (QED) is 0.790. The second-order valence-corrected chi connectivity index (χ2v) is 3.95. The van der Waals surface area contributed by atoms with Crippen molar-refractivity contribution in [3.05, 3.63) is 47.5 Å². The molecule has 1 unspecified atom stereocenters. The number of aliphatic hydroxyl groups is 1. The summed E-state index contributed by atoms with van der Waals surface area (Å²) >= 11 is 0. The molecule has 88 valence electrons. The molecule has 1 aromatic rings. The van der Waals surface area contributed by atoms with E-state index in [-0.39, 0.29) is 18.4 Å². The first kappa shape index (κ1) is 11.5. The van der Waals surface area contributed by atoms with Crippen LogP contribution in [0.5, 0.6) is 0 Å². The third-order valence-corrected chi connectivity index (χ3v) is 2.80. The van der Waals surface area contributed by atoms with Gasteiger partial charge in [0.15, 0.2) is 0 Å². The number of benzene rings is 1. The van der Waals surface area contributed by atoms with Gasteiger partial charge in [-0.3, -0.25) is 14.5 Å². The maximum Gasteiger partial charge on any atom is 0.257 e. The molecule has 4 nitrogen and oxygen atoms in total. The number of rotatable bonds is 3. The van der Waals surface area contributed by atoms with E-state index in [4.69, 9.17) is 0 Å². The Morgan fingerprint density at radius 3 is 2.35 bits per heavy atom. The summed E-state index contributed by atoms with van der Waals surface area (Å²) in [6.45, 7) is 1.32. The van der Waals surface area contributed by atoms with Gasteiger partial charge >= 0.3 is 0 Å². The predicted octanol–water partition coefficient (Wildman–Crippen LogP) is 1.04. The summed E-state index contributed by atoms with van der Waals surface area (Å²) in [4.78, 5) is 24.6. The van der Waals surface area contributed by atoms with Crippen LogP contribution in [0.4, 0.5) is 0 Å². The van der Waals surface area contributed by atoms with Crippen LogP contribution >= 0.6 is 0 Å². The molecule has 1 atom stereocenters. The van der Waals surface area contributed by atoms with Crippen molar-refractivity contribution >= 4 is 11.8 Å². The van der Waals surface area contributed by atoms with Gasteiger partial charge < -0.3 is 5.11 Å². The zero-order chi connectivity index (χ0) is 12.4. The first-order chi connectivity index (χ1) is 8.15. The number of carbonyl (C=O) groups is 2. The predicted molar refractivity (Wildman–Crippen MR) is 61.9 cm³/mol. The first-order valence-electron chi connectivity index (χ1n) is 5.36. The van der Waals surface area contributed by atoms with Crippen molar-refractivity contribution in [1.82, 2.24) is 4.90 Å². The van der Waals surface area contributed by atoms with Crippen molar-refractivity contribution in [3.63, 3.8) is 0 Å². The highest BCUT2D eigenvalue weighted by molar-refractivity contribution is 6.16. The fourth-order valence-electron chi connectivity index (χ4n) is 1.91. The first-order valence-corrected chi connectivity index (χ1v) is 5.36. The van der Waals surface area contributed by atoms with Crippen LogP contribution in [0.2, 0.25) is 0 Å². The van der Waals surface area contributed by atoms with Crippen LogP contribution in [0, 0.1) is 0 Å². The Labute approximate surface area is 99.2 Å². The Kier molecular flexibility index (Phi) is 3.06. The van der Waals surface area contributed by atoms with Gasteiger partial charge in [-0.1, -0.05) is 30.3 Å². The van der Waals surface area contributed by atoms with E-state index in [1.54, 1.807) is 19.1 Å². The molecule has 17 heavy (non-hydrogen) atoms. The van der Waals surface area contributed by atoms with E-state index in [0.717, 1.165) is 10.5 Å². The number of carbonyl (C=O) groups excluding carboxylic acids is 2. The van der Waals surface area contributed by atoms with Crippen molar-refractivity contribution < 1.29 is 14.7 Å². The lowest BCUT2D eigenvalue weighted by Crippen LogP contribution is -2.36. The Morgan fingerprint density at radius 1 is 1.24 bits per heavy atom. The molecule has 0 fully saturated rings. The molecule has 0 spiro atoms. The van der Waals surface area contributed by atoms with Gasteiger partial charge in [-0.05, 0) is 12.5 Å². The highest BCUT2D eigenvalue weighted by Crippen LogP contribution is 2.26. The molecule has 1 aliphatic heterocycles. The van der Waals surface area contributed by atoms with E-state index in [2.05, 4.69) is 0 Å². The molecule has 4 heteroatoms. The standard InChI is InChI=1S/C13H13NO3/c1-9-7-12(16)14(13(9)17)11(8-15)10-5-3-2-4-6-10/h2-7,11,15H,8H2,1H3. The smallest absolute Gasteiger partial charge is 0.257 e. The van der Waals surface area contributed by atoms with Crippen molar-refractivity contribution in [2.24, 2.45) is 0 Å². The molecule has 1 aliphatic rings. The van der Waals surface area contributed by atoms with Crippen molar-refractivity contribution in [3.8, 4) is 0 Å². The van der Waals surface area contributed by atoms with Gasteiger partial charge in [0, 0.05) is 11.6 Å². The average Bonchev–Trinajstić information content (AvgIpc) is 2.58. The third-order valence-electron chi connectivity index (χ3n) is 2.80. The van der Waals surface area contributed by atoms with E-state index in [1.165, 1.54) is 6.08 Å². The molecule has 0 aliphatic carbocycles. The fourth-order valence-corrected chi connectivity index (χ4v) is 1.91. The Balaban J connectivity index is 2.33. The molecule has 1 aromatic carbocycles. The van der Waals surface area contributed by atoms with E-state index >= 15 is 0 Å². The number of aliphatic hydroxyl groups excluding tert-OH is 1. The number of hydrogen-bond donors (Lipinski definition) is 1. The van der Waals surface area contributed by atoms with Crippen LogP contribution in [0.3, 0.4) is 0 Å². The van der Waals surface area contributed by atoms with E-state index in [1.807, 2.05) is 18.2 Å². The molecule has 2 rings (SSSR count). The van der Waals surface area contributed by atoms with Crippen LogP contribution in [0.15, 0.2) is 42.0 Å². The maximum atomic E-state index is 11.8. The lowest BCUT2D eigenvalue weighted by Gasteiger charge is -2.25. The molecule has 0 bridgehead atoms. The van der Waals surface area contributed by atoms with Crippen molar-refractivity contribution in [2.75, 3.05) is 6.61 Å². The molecule has 1 heterocycles. The minimum absolute atomic E-state index is 0.275. The van der Waals surface area contributed by atoms with Gasteiger partial charge in [-0.2, -0.15) is 0 Å². The molecule has 2 amide bonds. The van der Waals surface area contributed by atoms with E-state index in [9.17, 15) is 14.7 Å². The van der Waals surface area contributed by atoms with Crippen molar-refractivity contribution in [1.29, 1.82) is 0 Å². The Hall–Kier alpha value is -1.94. The van der Waals surface area contributed by atoms with Gasteiger partial charge in [0.1, 0.15) is 0 Å². The van der Waals surface area contributed by atoms with Crippen LogP contribution in [-0.4, -0.2) is 28.4 Å². The summed E-state index contributed by atoms with van der Waals surface area (Å²) in [6, 6.07) is 8.43. The molecule has 1 N–H and O–H groups in total. The Bertz CT molecular complexity index is 479. The highest BCUT2D eigenvalue weighted by atomic mass is 16.3. The van der Waals surface area contributed by atoms with Gasteiger partial charge in [-0.25, -0.2) is 0 Å². The summed E-state index contributed by atoms with van der Waals surface area (Å²) in [5.41, 5.74) is 1.16. The molecule has 0 aromatic heterocycles. The lowest BCUT2D eigenvalue weighted by molar-refractivity contribution is -0.141. The second-order valence-electron chi connectivity index (χ2n) is 3.95. The molecule has 0 saturated carbocycles. The average molecular weight is 231 g/mol. The van der Waals surface area contributed by atoms with Gasteiger partial charge in [0.2, 0.25) is 0 Å². The van der Waals surface area contributed by atoms with Crippen molar-refractivity contribution in [2.45, 2.75) is 13.0 Å². The van der Waals surface area contributed by atoms with E-state index in [0.29, 0.717) is 5.57 Å². The number of hydrogen-bond acceptors (Lipinski definition) is 3. The summed E-state index contributed by atoms with van der Waals surface area (Å²) in [5.74, 6) is -0.701. The minimum Gasteiger partial charge on any atom is -0.394 e. The largest absolute Gasteiger partial charge is 0.394 e. The molecule has 0 saturated heterocycles. The van der Waals surface area contributed by atoms with Crippen LogP contribution in [-0.2, 0) is 9.59 Å². The van der Waals surface area contributed by atoms with Gasteiger partial charge in [0.25, 0.3) is 11.8 Å². The van der Waals surface area contributed by atoms with Crippen LogP contribution in [0.1, 0.15) is 18.5 Å². The maximum absolute atomic E-state index is 11.8. The summed E-state index contributed by atoms with van der Waals surface area (Å²) in [5, 5.41) is 9.39. The SMILES string of the molecule is CC1=CC(=O)N(C(CO)c2ccccc2)C1=O. The lowest BCUT2D eigenvalue weighted by atomic mass is 10.1. The molecule has 0 radical (unpaired) electrons. The second kappa shape index (κ2) is 4.51. The molecular weight excluding hydrogens is 218 g/mol. The minimum atomic E-state index is -0.607. The fraction of sp³-hybridized carbons (Fsp3) is 0.231. The summed E-state index contributed by atoms with van der Waals surface area (Å²) < 4.78 is 0. The zero-order valence-electron chi connectivity index (χ0n) is 9.46. The third kappa shape index (κ3) is 1.99. The summed E-state index contributed by atoms with van der Waals surface area (Å²) in [7, 11) is 0. The Morgan fingerprint density at radius 2 is 1.88 bits per heavy atom. The number of imide groups is 1. The summed E-state index contributed by atoms with van der Waals surface area (Å²) in [6.07, 6.45) is 1.30. The zero-order valence-corrected chi connectivity index (χ0v) is 9.46. The monoisotopic (exact) mass is 231 g/mol. The van der Waals surface area contributed by atoms with Gasteiger partial charge in [-0.15, -0.1) is 0 Å². The van der Waals surface area contributed by atoms with Crippen LogP contribution < -0.4 is 0 Å². The normalized spacial score (nSPS) is 17.3. The van der Waals surface area contributed by atoms with Gasteiger partial charge in [0.05, 0.1) is 12.6 Å². The highest BCUT2D eigenvalue weighted by Gasteiger charge is 2.34. The molecular formula is C13H13NO3. The number of amides is 2. The number of nitrogens with zero attached hydrogens (tertiary/aromatic N) is 1.